The van der Waals surface area contributed by atoms with Gasteiger partial charge in [0.25, 0.3) is 5.91 Å². The Morgan fingerprint density at radius 3 is 2.65 bits per heavy atom. The van der Waals surface area contributed by atoms with Gasteiger partial charge in [0.2, 0.25) is 5.91 Å². The first-order valence-corrected chi connectivity index (χ1v) is 10.8. The molecule has 2 amide bonds. The number of carbonyl (C=O) groups is 2. The highest BCUT2D eigenvalue weighted by molar-refractivity contribution is 6.30. The highest BCUT2D eigenvalue weighted by atomic mass is 35.5. The van der Waals surface area contributed by atoms with E-state index in [2.05, 4.69) is 10.6 Å². The summed E-state index contributed by atoms with van der Waals surface area (Å²) in [5.41, 5.74) is 2.69. The lowest BCUT2D eigenvalue weighted by Crippen LogP contribution is -2.62. The van der Waals surface area contributed by atoms with Gasteiger partial charge in [0.1, 0.15) is 0 Å². The highest BCUT2D eigenvalue weighted by Crippen LogP contribution is 2.26. The molecule has 0 unspecified atom stereocenters. The van der Waals surface area contributed by atoms with Crippen molar-refractivity contribution in [2.45, 2.75) is 52.7 Å². The monoisotopic (exact) mass is 440 g/mol. The number of hydrogen-bond donors (Lipinski definition) is 3. The van der Waals surface area contributed by atoms with E-state index < -0.39 is 5.54 Å². The number of guanidine groups is 1. The molecule has 2 aromatic rings. The average molecular weight is 441 g/mol. The van der Waals surface area contributed by atoms with Crippen LogP contribution in [0.25, 0.3) is 0 Å². The molecule has 1 aliphatic rings. The summed E-state index contributed by atoms with van der Waals surface area (Å²) in [4.78, 5) is 27.0. The Morgan fingerprint density at radius 2 is 2.00 bits per heavy atom. The molecule has 164 valence electrons. The first-order valence-electron chi connectivity index (χ1n) is 10.4. The van der Waals surface area contributed by atoms with Gasteiger partial charge in [0.15, 0.2) is 5.96 Å². The van der Waals surface area contributed by atoms with Crippen molar-refractivity contribution in [1.82, 2.24) is 15.5 Å². The third-order valence-corrected chi connectivity index (χ3v) is 6.23. The van der Waals surface area contributed by atoms with Gasteiger partial charge < -0.3 is 10.6 Å². The van der Waals surface area contributed by atoms with Gasteiger partial charge in [-0.25, -0.2) is 0 Å². The van der Waals surface area contributed by atoms with Gasteiger partial charge in [-0.15, -0.1) is 0 Å². The minimum absolute atomic E-state index is 0.0903. The van der Waals surface area contributed by atoms with Gasteiger partial charge in [-0.05, 0) is 54.7 Å². The van der Waals surface area contributed by atoms with Crippen LogP contribution < -0.4 is 10.6 Å². The Balaban J connectivity index is 1.71. The lowest BCUT2D eigenvalue weighted by atomic mass is 9.83. The molecular weight excluding hydrogens is 412 g/mol. The first kappa shape index (κ1) is 22.8. The second-order valence-corrected chi connectivity index (χ2v) is 9.10. The molecule has 3 rings (SSSR count). The predicted molar refractivity (Wildman–Crippen MR) is 123 cm³/mol. The van der Waals surface area contributed by atoms with Crippen molar-refractivity contribution in [2.75, 3.05) is 0 Å². The second kappa shape index (κ2) is 9.10. The molecule has 0 spiro atoms. The minimum atomic E-state index is -0.427. The molecule has 3 N–H and O–H groups in total. The molecule has 1 fully saturated rings. The Hall–Kier alpha value is -2.86. The maximum Gasteiger partial charge on any atom is 0.251 e. The molecule has 1 heterocycles. The largest absolute Gasteiger partial charge is 0.350 e. The van der Waals surface area contributed by atoms with Crippen LogP contribution in [-0.2, 0) is 17.9 Å². The molecule has 2 aromatic carbocycles. The zero-order valence-electron chi connectivity index (χ0n) is 18.4. The van der Waals surface area contributed by atoms with Crippen LogP contribution in [0.4, 0.5) is 0 Å². The molecule has 0 aliphatic carbocycles. The SMILES string of the molecule is Cc1ccc(CN2C(=N)N[C@](C)(C(C)C)CC2=O)cc1C(=O)NCc1cccc(Cl)c1. The molecule has 1 atom stereocenters. The summed E-state index contributed by atoms with van der Waals surface area (Å²) in [6.45, 7) is 8.54. The van der Waals surface area contributed by atoms with Crippen LogP contribution in [0.5, 0.6) is 0 Å². The smallest absolute Gasteiger partial charge is 0.251 e. The van der Waals surface area contributed by atoms with E-state index in [4.69, 9.17) is 17.0 Å². The summed E-state index contributed by atoms with van der Waals surface area (Å²) < 4.78 is 0. The van der Waals surface area contributed by atoms with Crippen LogP contribution in [0.3, 0.4) is 0 Å². The summed E-state index contributed by atoms with van der Waals surface area (Å²) >= 11 is 6.01. The van der Waals surface area contributed by atoms with Gasteiger partial charge >= 0.3 is 0 Å². The van der Waals surface area contributed by atoms with E-state index in [0.29, 0.717) is 23.6 Å². The average Bonchev–Trinajstić information content (AvgIpc) is 2.70. The van der Waals surface area contributed by atoms with E-state index in [-0.39, 0.29) is 30.2 Å². The number of hydrogen-bond acceptors (Lipinski definition) is 3. The molecule has 6 nitrogen and oxygen atoms in total. The van der Waals surface area contributed by atoms with E-state index >= 15 is 0 Å². The van der Waals surface area contributed by atoms with Crippen molar-refractivity contribution in [3.05, 3.63) is 69.7 Å². The van der Waals surface area contributed by atoms with Gasteiger partial charge in [-0.2, -0.15) is 0 Å². The predicted octanol–water partition coefficient (Wildman–Crippen LogP) is 4.25. The van der Waals surface area contributed by atoms with E-state index in [1.165, 1.54) is 4.90 Å². The van der Waals surface area contributed by atoms with Gasteiger partial charge in [-0.1, -0.05) is 49.7 Å². The molecule has 0 aromatic heterocycles. The fourth-order valence-corrected chi connectivity index (χ4v) is 3.76. The molecule has 31 heavy (non-hydrogen) atoms. The molecule has 1 saturated heterocycles. The van der Waals surface area contributed by atoms with Gasteiger partial charge in [0, 0.05) is 22.7 Å². The third kappa shape index (κ3) is 5.25. The molecule has 0 bridgehead atoms. The van der Waals surface area contributed by atoms with Crippen molar-refractivity contribution in [1.29, 1.82) is 5.41 Å². The standard InChI is InChI=1S/C24H29ClN4O2/c1-15(2)24(4)12-21(30)29(23(26)28-24)14-18-9-8-16(3)20(11-18)22(31)27-13-17-6-5-7-19(25)10-17/h5-11,15H,12-14H2,1-4H3,(H2,26,28)(H,27,31)/t24-/m0/s1. The summed E-state index contributed by atoms with van der Waals surface area (Å²) in [6, 6.07) is 12.9. The number of nitrogens with one attached hydrogen (secondary N) is 3. The van der Waals surface area contributed by atoms with Crippen molar-refractivity contribution < 1.29 is 9.59 Å². The number of rotatable bonds is 6. The van der Waals surface area contributed by atoms with Crippen LogP contribution in [0.15, 0.2) is 42.5 Å². The first-order chi connectivity index (χ1) is 14.6. The second-order valence-electron chi connectivity index (χ2n) is 8.66. The Labute approximate surface area is 188 Å². The van der Waals surface area contributed by atoms with Crippen molar-refractivity contribution >= 4 is 29.4 Å². The van der Waals surface area contributed by atoms with E-state index in [1.54, 1.807) is 12.1 Å². The highest BCUT2D eigenvalue weighted by Gasteiger charge is 2.40. The fourth-order valence-electron chi connectivity index (χ4n) is 3.55. The molecule has 0 saturated carbocycles. The fraction of sp³-hybridized carbons (Fsp3) is 0.375. The van der Waals surface area contributed by atoms with Crippen LogP contribution in [-0.4, -0.2) is 28.2 Å². The van der Waals surface area contributed by atoms with Crippen molar-refractivity contribution in [3.8, 4) is 0 Å². The zero-order chi connectivity index (χ0) is 22.8. The number of aryl methyl sites for hydroxylation is 1. The molecule has 1 aliphatic heterocycles. The Bertz CT molecular complexity index is 1000. The number of halogens is 1. The maximum atomic E-state index is 12.8. The summed E-state index contributed by atoms with van der Waals surface area (Å²) in [7, 11) is 0. The number of nitrogens with zero attached hydrogens (tertiary/aromatic N) is 1. The quantitative estimate of drug-likeness (QED) is 0.627. The summed E-state index contributed by atoms with van der Waals surface area (Å²) in [5, 5.41) is 15.1. The lowest BCUT2D eigenvalue weighted by Gasteiger charge is -2.43. The number of carbonyl (C=O) groups excluding carboxylic acids is 2. The lowest BCUT2D eigenvalue weighted by molar-refractivity contribution is -0.131. The summed E-state index contributed by atoms with van der Waals surface area (Å²) in [6.07, 6.45) is 0.325. The van der Waals surface area contributed by atoms with Crippen LogP contribution >= 0.6 is 11.6 Å². The van der Waals surface area contributed by atoms with E-state index in [9.17, 15) is 9.59 Å². The van der Waals surface area contributed by atoms with Crippen LogP contribution in [0.1, 0.15) is 54.2 Å². The number of benzene rings is 2. The topological polar surface area (TPSA) is 85.3 Å². The minimum Gasteiger partial charge on any atom is -0.350 e. The maximum absolute atomic E-state index is 12.8. The van der Waals surface area contributed by atoms with Crippen molar-refractivity contribution in [2.24, 2.45) is 5.92 Å². The molecule has 7 heteroatoms. The zero-order valence-corrected chi connectivity index (χ0v) is 19.1. The summed E-state index contributed by atoms with van der Waals surface area (Å²) in [5.74, 6) is 0.0328. The van der Waals surface area contributed by atoms with Gasteiger partial charge in [-0.3, -0.25) is 19.9 Å². The Morgan fingerprint density at radius 1 is 1.26 bits per heavy atom. The van der Waals surface area contributed by atoms with E-state index in [1.807, 2.05) is 58.0 Å². The number of amides is 2. The van der Waals surface area contributed by atoms with Gasteiger partial charge in [0.05, 0.1) is 13.0 Å². The molecular formula is C24H29ClN4O2. The van der Waals surface area contributed by atoms with Crippen LogP contribution in [0, 0.1) is 18.3 Å². The molecule has 0 radical (unpaired) electrons. The van der Waals surface area contributed by atoms with Crippen molar-refractivity contribution in [3.63, 3.8) is 0 Å². The third-order valence-electron chi connectivity index (χ3n) is 6.00. The van der Waals surface area contributed by atoms with Crippen LogP contribution in [0.2, 0.25) is 5.02 Å². The normalized spacial score (nSPS) is 18.8. The Kier molecular flexibility index (Phi) is 6.70. The van der Waals surface area contributed by atoms with E-state index in [0.717, 1.165) is 16.7 Å².